The summed E-state index contributed by atoms with van der Waals surface area (Å²) >= 11 is 23.6. The Bertz CT molecular complexity index is 464. The van der Waals surface area contributed by atoms with Gasteiger partial charge in [0.2, 0.25) is 0 Å². The monoisotopic (exact) mass is 292 g/mol. The van der Waals surface area contributed by atoms with Crippen LogP contribution in [0.3, 0.4) is 0 Å². The van der Waals surface area contributed by atoms with Gasteiger partial charge in [-0.25, -0.2) is 0 Å². The number of nitriles is 2. The fourth-order valence-corrected chi connectivity index (χ4v) is 2.31. The van der Waals surface area contributed by atoms with Crippen LogP contribution in [0.15, 0.2) is 0 Å². The smallest absolute Gasteiger partial charge is 0.0797 e. The largest absolute Gasteiger partial charge is 0.198 e. The topological polar surface area (TPSA) is 47.6 Å². The van der Waals surface area contributed by atoms with E-state index in [0.29, 0.717) is 11.1 Å². The highest BCUT2D eigenvalue weighted by molar-refractivity contribution is 6.52. The fourth-order valence-electron chi connectivity index (χ4n) is 1.25. The van der Waals surface area contributed by atoms with Crippen molar-refractivity contribution in [2.45, 2.75) is 12.8 Å². The Labute approximate surface area is 113 Å². The molecule has 0 aliphatic heterocycles. The zero-order valence-electron chi connectivity index (χ0n) is 7.82. The first-order chi connectivity index (χ1) is 7.54. The van der Waals surface area contributed by atoms with Crippen molar-refractivity contribution in [2.24, 2.45) is 0 Å². The summed E-state index contributed by atoms with van der Waals surface area (Å²) in [5, 5.41) is 17.9. The molecule has 1 rings (SSSR count). The molecule has 0 heterocycles. The van der Waals surface area contributed by atoms with Gasteiger partial charge >= 0.3 is 0 Å². The third kappa shape index (κ3) is 2.37. The summed E-state index contributed by atoms with van der Waals surface area (Å²) in [7, 11) is 0. The van der Waals surface area contributed by atoms with Crippen LogP contribution in [0.2, 0.25) is 20.1 Å². The number of rotatable bonds is 2. The van der Waals surface area contributed by atoms with Gasteiger partial charge in [0.05, 0.1) is 45.1 Å². The Kier molecular flexibility index (Phi) is 4.71. The minimum Gasteiger partial charge on any atom is -0.198 e. The van der Waals surface area contributed by atoms with Gasteiger partial charge in [-0.2, -0.15) is 10.5 Å². The van der Waals surface area contributed by atoms with Gasteiger partial charge in [0.1, 0.15) is 0 Å². The SMILES string of the molecule is N#CCc1c(Cl)c(Cl)c(Cl)c(Cl)c1CC#N. The van der Waals surface area contributed by atoms with Crippen LogP contribution < -0.4 is 0 Å². The lowest BCUT2D eigenvalue weighted by atomic mass is 10.0. The van der Waals surface area contributed by atoms with E-state index < -0.39 is 0 Å². The highest BCUT2D eigenvalue weighted by Crippen LogP contribution is 2.41. The Morgan fingerprint density at radius 3 is 1.25 bits per heavy atom. The normalized spacial score (nSPS) is 9.62. The molecule has 0 saturated carbocycles. The third-order valence-corrected chi connectivity index (χ3v) is 3.86. The summed E-state index contributed by atoms with van der Waals surface area (Å²) in [5.41, 5.74) is 0.926. The highest BCUT2D eigenvalue weighted by Gasteiger charge is 2.19. The average Bonchev–Trinajstić information content (AvgIpc) is 2.28. The van der Waals surface area contributed by atoms with Gasteiger partial charge in [-0.1, -0.05) is 46.4 Å². The van der Waals surface area contributed by atoms with E-state index >= 15 is 0 Å². The quantitative estimate of drug-likeness (QED) is 0.598. The van der Waals surface area contributed by atoms with Crippen molar-refractivity contribution in [1.29, 1.82) is 10.5 Å². The van der Waals surface area contributed by atoms with E-state index in [0.717, 1.165) is 0 Å². The van der Waals surface area contributed by atoms with E-state index in [1.807, 2.05) is 12.1 Å². The molecule has 82 valence electrons. The van der Waals surface area contributed by atoms with Crippen molar-refractivity contribution in [3.63, 3.8) is 0 Å². The van der Waals surface area contributed by atoms with Crippen LogP contribution in [-0.2, 0) is 12.8 Å². The van der Waals surface area contributed by atoms with E-state index in [1.54, 1.807) is 0 Å². The third-order valence-electron chi connectivity index (χ3n) is 1.98. The van der Waals surface area contributed by atoms with Crippen LogP contribution in [0, 0.1) is 22.7 Å². The van der Waals surface area contributed by atoms with Crippen LogP contribution in [0.4, 0.5) is 0 Å². The van der Waals surface area contributed by atoms with E-state index in [4.69, 9.17) is 56.9 Å². The van der Waals surface area contributed by atoms with Gasteiger partial charge in [-0.05, 0) is 11.1 Å². The molecule has 0 amide bonds. The molecule has 2 nitrogen and oxygen atoms in total. The highest BCUT2D eigenvalue weighted by atomic mass is 35.5. The number of nitrogens with zero attached hydrogens (tertiary/aromatic N) is 2. The maximum Gasteiger partial charge on any atom is 0.0797 e. The second-order valence-electron chi connectivity index (χ2n) is 2.88. The lowest BCUT2D eigenvalue weighted by Gasteiger charge is -2.12. The number of hydrogen-bond acceptors (Lipinski definition) is 2. The lowest BCUT2D eigenvalue weighted by molar-refractivity contribution is 1.15. The van der Waals surface area contributed by atoms with Gasteiger partial charge in [-0.15, -0.1) is 0 Å². The molecule has 1 aromatic rings. The molecule has 0 fully saturated rings. The van der Waals surface area contributed by atoms with Gasteiger partial charge in [-0.3, -0.25) is 0 Å². The Morgan fingerprint density at radius 1 is 0.688 bits per heavy atom. The number of benzene rings is 1. The van der Waals surface area contributed by atoms with Crippen molar-refractivity contribution in [2.75, 3.05) is 0 Å². The van der Waals surface area contributed by atoms with E-state index in [9.17, 15) is 0 Å². The van der Waals surface area contributed by atoms with Crippen molar-refractivity contribution in [1.82, 2.24) is 0 Å². The van der Waals surface area contributed by atoms with Crippen molar-refractivity contribution < 1.29 is 0 Å². The van der Waals surface area contributed by atoms with Crippen LogP contribution in [0.5, 0.6) is 0 Å². The van der Waals surface area contributed by atoms with Gasteiger partial charge in [0, 0.05) is 0 Å². The van der Waals surface area contributed by atoms with Gasteiger partial charge < -0.3 is 0 Å². The molecule has 0 unspecified atom stereocenters. The van der Waals surface area contributed by atoms with Crippen LogP contribution in [0.25, 0.3) is 0 Å². The molecule has 0 atom stereocenters. The second kappa shape index (κ2) is 5.62. The van der Waals surface area contributed by atoms with Crippen LogP contribution in [-0.4, -0.2) is 0 Å². The van der Waals surface area contributed by atoms with Crippen molar-refractivity contribution in [3.8, 4) is 12.1 Å². The molecule has 0 spiro atoms. The first-order valence-corrected chi connectivity index (χ1v) is 5.63. The van der Waals surface area contributed by atoms with E-state index in [2.05, 4.69) is 0 Å². The summed E-state index contributed by atoms with van der Waals surface area (Å²) in [6, 6.07) is 3.89. The molecule has 0 N–H and O–H groups in total. The molecule has 0 aliphatic carbocycles. The predicted octanol–water partition coefficient (Wildman–Crippen LogP) is 4.43. The fraction of sp³-hybridized carbons (Fsp3) is 0.200. The molecular weight excluding hydrogens is 290 g/mol. The van der Waals surface area contributed by atoms with Crippen molar-refractivity contribution in [3.05, 3.63) is 31.2 Å². The molecule has 1 aromatic carbocycles. The second-order valence-corrected chi connectivity index (χ2v) is 4.39. The maximum atomic E-state index is 8.68. The first kappa shape index (κ1) is 13.4. The molecule has 0 bridgehead atoms. The maximum absolute atomic E-state index is 8.68. The van der Waals surface area contributed by atoms with E-state index in [-0.39, 0.29) is 32.9 Å². The molecule has 0 aromatic heterocycles. The lowest BCUT2D eigenvalue weighted by Crippen LogP contribution is -1.97. The Hall–Kier alpha value is -0.640. The van der Waals surface area contributed by atoms with Gasteiger partial charge in [0.15, 0.2) is 0 Å². The van der Waals surface area contributed by atoms with Gasteiger partial charge in [0.25, 0.3) is 0 Å². The van der Waals surface area contributed by atoms with Crippen LogP contribution >= 0.6 is 46.4 Å². The molecule has 0 saturated heterocycles. The standard InChI is InChI=1S/C10H4Cl4N2/c11-7-5(1-3-15)6(2-4-16)8(12)10(14)9(7)13/h1-2H2. The number of halogens is 4. The average molecular weight is 294 g/mol. The molecular formula is C10H4Cl4N2. The molecule has 6 heteroatoms. The van der Waals surface area contributed by atoms with E-state index in [1.165, 1.54) is 0 Å². The molecule has 0 aliphatic rings. The molecule has 0 radical (unpaired) electrons. The summed E-state index contributed by atoms with van der Waals surface area (Å²) in [6.07, 6.45) is 0.0684. The Morgan fingerprint density at radius 2 is 1.00 bits per heavy atom. The number of hydrogen-bond donors (Lipinski definition) is 0. The minimum atomic E-state index is 0.0342. The van der Waals surface area contributed by atoms with Crippen LogP contribution in [0.1, 0.15) is 11.1 Å². The summed E-state index contributed by atoms with van der Waals surface area (Å²) < 4.78 is 0. The predicted molar refractivity (Wildman–Crippen MR) is 65.1 cm³/mol. The Balaban J connectivity index is 3.57. The van der Waals surface area contributed by atoms with Crippen molar-refractivity contribution >= 4 is 46.4 Å². The zero-order chi connectivity index (χ0) is 12.3. The summed E-state index contributed by atoms with van der Waals surface area (Å²) in [4.78, 5) is 0. The summed E-state index contributed by atoms with van der Waals surface area (Å²) in [6.45, 7) is 0. The minimum absolute atomic E-state index is 0.0342. The first-order valence-electron chi connectivity index (χ1n) is 4.12. The molecule has 16 heavy (non-hydrogen) atoms. The summed E-state index contributed by atoms with van der Waals surface area (Å²) in [5.74, 6) is 0. The zero-order valence-corrected chi connectivity index (χ0v) is 10.8.